The summed E-state index contributed by atoms with van der Waals surface area (Å²) in [6, 6.07) is 77.4. The second kappa shape index (κ2) is 21.4. The van der Waals surface area contributed by atoms with Crippen molar-refractivity contribution in [3.63, 3.8) is 0 Å². The van der Waals surface area contributed by atoms with Gasteiger partial charge in [0.15, 0.2) is 11.2 Å². The molecule has 0 atom stereocenters. The predicted molar refractivity (Wildman–Crippen MR) is 369 cm³/mol. The first-order valence-corrected chi connectivity index (χ1v) is 31.3. The molecule has 0 radical (unpaired) electrons. The smallest absolute Gasteiger partial charge is 0.159 e. The van der Waals surface area contributed by atoms with Crippen molar-refractivity contribution in [1.29, 1.82) is 0 Å². The van der Waals surface area contributed by atoms with Crippen LogP contribution in [0.4, 0.5) is 34.1 Å². The molecule has 0 aliphatic heterocycles. The Hall–Kier alpha value is -9.12. The standard InChI is InChI=1S/C82H76N2O2/c1-47(2)53-23-17-25-55(43-53)83(73-37-21-35-67-65-33-19-31-63(79(65)85-81(67)73)59-29-15-13-27-57(59)49(5)6)75-45-71(51(9)10)61-40-42-70-76(46-72(52(11)12)62-39-41-69(75)77(61)78(62)70)84(56-26-18-24-54(44-56)48(3)4)74-38-22-36-68-66-34-20-32-64(80(66)86-82(68)74)60-30-16-14-28-58(60)50(7)8/h13-52H,1-12H3. The summed E-state index contributed by atoms with van der Waals surface area (Å²) in [4.78, 5) is 5.03. The predicted octanol–water partition coefficient (Wildman–Crippen LogP) is 25.4. The van der Waals surface area contributed by atoms with Crippen molar-refractivity contribution in [2.75, 3.05) is 9.80 Å². The van der Waals surface area contributed by atoms with Crippen LogP contribution in [0, 0.1) is 0 Å². The van der Waals surface area contributed by atoms with Gasteiger partial charge in [-0.3, -0.25) is 0 Å². The number of para-hydroxylation sites is 4. The van der Waals surface area contributed by atoms with E-state index in [-0.39, 0.29) is 11.8 Å². The Morgan fingerprint density at radius 2 is 0.581 bits per heavy atom. The Kier molecular flexibility index (Phi) is 13.7. The van der Waals surface area contributed by atoms with E-state index in [1.165, 1.54) is 76.8 Å². The highest BCUT2D eigenvalue weighted by Crippen LogP contribution is 2.54. The molecule has 4 heteroatoms. The van der Waals surface area contributed by atoms with Crippen LogP contribution in [0.15, 0.2) is 215 Å². The van der Waals surface area contributed by atoms with Crippen LogP contribution in [0.25, 0.3) is 98.4 Å². The molecular formula is C82H76N2O2. The van der Waals surface area contributed by atoms with Gasteiger partial charge in [0, 0.05) is 54.8 Å². The Morgan fingerprint density at radius 1 is 0.244 bits per heavy atom. The molecule has 14 rings (SSSR count). The molecule has 86 heavy (non-hydrogen) atoms. The van der Waals surface area contributed by atoms with Gasteiger partial charge in [-0.15, -0.1) is 0 Å². The number of nitrogens with zero attached hydrogens (tertiary/aromatic N) is 2. The molecule has 0 saturated heterocycles. The quantitative estimate of drug-likeness (QED) is 0.102. The summed E-state index contributed by atoms with van der Waals surface area (Å²) in [7, 11) is 0. The monoisotopic (exact) mass is 1120 g/mol. The van der Waals surface area contributed by atoms with Gasteiger partial charge in [-0.05, 0) is 150 Å². The average molecular weight is 1120 g/mol. The van der Waals surface area contributed by atoms with Crippen molar-refractivity contribution in [1.82, 2.24) is 0 Å². The molecule has 0 fully saturated rings. The zero-order valence-corrected chi connectivity index (χ0v) is 51.8. The van der Waals surface area contributed by atoms with Gasteiger partial charge in [0.1, 0.15) is 11.2 Å². The zero-order chi connectivity index (χ0) is 59.4. The zero-order valence-electron chi connectivity index (χ0n) is 51.8. The first kappa shape index (κ1) is 54.8. The number of fused-ring (bicyclic) bond motifs is 6. The van der Waals surface area contributed by atoms with E-state index in [2.05, 4.69) is 299 Å². The molecule has 0 aliphatic carbocycles. The lowest BCUT2D eigenvalue weighted by molar-refractivity contribution is 0.669. The Balaban J connectivity index is 1.07. The Bertz CT molecular complexity index is 4620. The lowest BCUT2D eigenvalue weighted by Crippen LogP contribution is -2.13. The lowest BCUT2D eigenvalue weighted by Gasteiger charge is -2.32. The van der Waals surface area contributed by atoms with E-state index >= 15 is 0 Å². The van der Waals surface area contributed by atoms with E-state index < -0.39 is 0 Å². The molecule has 0 unspecified atom stereocenters. The maximum Gasteiger partial charge on any atom is 0.159 e. The minimum absolute atomic E-state index is 0.204. The molecule has 4 nitrogen and oxygen atoms in total. The highest BCUT2D eigenvalue weighted by Gasteiger charge is 2.30. The van der Waals surface area contributed by atoms with Gasteiger partial charge >= 0.3 is 0 Å². The van der Waals surface area contributed by atoms with E-state index in [0.717, 1.165) is 89.1 Å². The van der Waals surface area contributed by atoms with Crippen molar-refractivity contribution in [2.24, 2.45) is 0 Å². The van der Waals surface area contributed by atoms with Crippen molar-refractivity contribution >= 4 is 110 Å². The number of anilines is 6. The number of rotatable bonds is 14. The summed E-state index contributed by atoms with van der Waals surface area (Å²) in [6.45, 7) is 27.7. The average Bonchev–Trinajstić information content (AvgIpc) is 0.744. The van der Waals surface area contributed by atoms with E-state index in [0.29, 0.717) is 23.7 Å². The van der Waals surface area contributed by atoms with Crippen LogP contribution in [0.3, 0.4) is 0 Å². The first-order valence-electron chi connectivity index (χ1n) is 31.3. The third-order valence-electron chi connectivity index (χ3n) is 18.5. The van der Waals surface area contributed by atoms with E-state index in [9.17, 15) is 0 Å². The fourth-order valence-electron chi connectivity index (χ4n) is 14.1. The summed E-state index contributed by atoms with van der Waals surface area (Å²) in [5.74, 6) is 1.74. The Labute approximate surface area is 506 Å². The molecule has 0 amide bonds. The molecule has 0 bridgehead atoms. The maximum atomic E-state index is 7.44. The van der Waals surface area contributed by atoms with Crippen LogP contribution in [0.1, 0.15) is 152 Å². The van der Waals surface area contributed by atoms with Gasteiger partial charge < -0.3 is 18.6 Å². The highest BCUT2D eigenvalue weighted by atomic mass is 16.3. The topological polar surface area (TPSA) is 32.8 Å². The first-order chi connectivity index (χ1) is 41.7. The number of hydrogen-bond acceptors (Lipinski definition) is 4. The third kappa shape index (κ3) is 8.85. The summed E-state index contributed by atoms with van der Waals surface area (Å²) >= 11 is 0. The maximum absolute atomic E-state index is 7.44. The number of hydrogen-bond donors (Lipinski definition) is 0. The Morgan fingerprint density at radius 3 is 0.965 bits per heavy atom. The van der Waals surface area contributed by atoms with Gasteiger partial charge in [0.25, 0.3) is 0 Å². The van der Waals surface area contributed by atoms with Crippen molar-refractivity contribution in [3.05, 3.63) is 240 Å². The molecule has 0 N–H and O–H groups in total. The summed E-state index contributed by atoms with van der Waals surface area (Å²) in [5, 5.41) is 11.9. The fraction of sp³-hybridized carbons (Fsp3) is 0.220. The second-order valence-electron chi connectivity index (χ2n) is 25.9. The summed E-state index contributed by atoms with van der Waals surface area (Å²) in [5.41, 5.74) is 22.4. The summed E-state index contributed by atoms with van der Waals surface area (Å²) < 4.78 is 14.9. The van der Waals surface area contributed by atoms with E-state index in [4.69, 9.17) is 8.83 Å². The number of furan rings is 2. The minimum atomic E-state index is 0.204. The molecule has 14 aromatic rings. The molecule has 2 aromatic heterocycles. The van der Waals surface area contributed by atoms with Crippen LogP contribution in [0.2, 0.25) is 0 Å². The second-order valence-corrected chi connectivity index (χ2v) is 25.9. The SMILES string of the molecule is CC(C)c1cccc(N(c2cc(C(C)C)c3ccc4c(N(c5cccc(C(C)C)c5)c5cccc6c5oc5c(-c7ccccc7C(C)C)cccc56)cc(C(C)C)c5ccc2c3c54)c2cccc3c2oc2c(-c4ccccc4C(C)C)cccc23)c1. The third-order valence-corrected chi connectivity index (χ3v) is 18.5. The largest absolute Gasteiger partial charge is 0.453 e. The molecule has 0 aliphatic rings. The van der Waals surface area contributed by atoms with Crippen molar-refractivity contribution < 1.29 is 8.83 Å². The van der Waals surface area contributed by atoms with Crippen LogP contribution >= 0.6 is 0 Å². The van der Waals surface area contributed by atoms with Crippen LogP contribution in [0.5, 0.6) is 0 Å². The van der Waals surface area contributed by atoms with Crippen LogP contribution < -0.4 is 9.80 Å². The van der Waals surface area contributed by atoms with Gasteiger partial charge in [-0.2, -0.15) is 0 Å². The fourth-order valence-corrected chi connectivity index (χ4v) is 14.1. The summed E-state index contributed by atoms with van der Waals surface area (Å²) in [6.07, 6.45) is 0. The van der Waals surface area contributed by atoms with Crippen molar-refractivity contribution in [2.45, 2.75) is 119 Å². The lowest BCUT2D eigenvalue weighted by atomic mass is 9.84. The van der Waals surface area contributed by atoms with Crippen LogP contribution in [-0.2, 0) is 0 Å². The molecule has 426 valence electrons. The van der Waals surface area contributed by atoms with E-state index in [1.54, 1.807) is 0 Å². The van der Waals surface area contributed by atoms with Gasteiger partial charge in [0.05, 0.1) is 22.7 Å². The minimum Gasteiger partial charge on any atom is -0.453 e. The van der Waals surface area contributed by atoms with Gasteiger partial charge in [-0.1, -0.05) is 241 Å². The van der Waals surface area contributed by atoms with Crippen LogP contribution in [-0.4, -0.2) is 0 Å². The number of benzene rings is 12. The molecular weight excluding hydrogens is 1040 g/mol. The van der Waals surface area contributed by atoms with Gasteiger partial charge in [-0.25, -0.2) is 0 Å². The van der Waals surface area contributed by atoms with E-state index in [1.807, 2.05) is 0 Å². The molecule has 0 saturated carbocycles. The molecule has 0 spiro atoms. The molecule has 2 heterocycles. The highest BCUT2D eigenvalue weighted by molar-refractivity contribution is 6.30. The molecule has 12 aromatic carbocycles. The van der Waals surface area contributed by atoms with Gasteiger partial charge in [0.2, 0.25) is 0 Å². The normalized spacial score (nSPS) is 12.3. The van der Waals surface area contributed by atoms with Crippen molar-refractivity contribution in [3.8, 4) is 22.3 Å².